The summed E-state index contributed by atoms with van der Waals surface area (Å²) in [5.74, 6) is 0.971. The minimum absolute atomic E-state index is 0.0290. The summed E-state index contributed by atoms with van der Waals surface area (Å²) >= 11 is 0. The van der Waals surface area contributed by atoms with Gasteiger partial charge in [-0.05, 0) is 53.5 Å². The van der Waals surface area contributed by atoms with E-state index in [1.54, 1.807) is 13.2 Å². The number of rotatable bonds is 6. The molecule has 0 aliphatic carbocycles. The Morgan fingerprint density at radius 3 is 2.48 bits per heavy atom. The summed E-state index contributed by atoms with van der Waals surface area (Å²) in [4.78, 5) is 15.2. The van der Waals surface area contributed by atoms with E-state index >= 15 is 0 Å². The molecule has 0 N–H and O–H groups in total. The van der Waals surface area contributed by atoms with Gasteiger partial charge in [0.1, 0.15) is 5.75 Å². The van der Waals surface area contributed by atoms with Crippen molar-refractivity contribution in [2.45, 2.75) is 18.9 Å². The fraction of sp³-hybridized carbons (Fsp3) is 0.192. The van der Waals surface area contributed by atoms with Gasteiger partial charge in [-0.15, -0.1) is 0 Å². The molecule has 1 atom stereocenters. The van der Waals surface area contributed by atoms with E-state index in [0.717, 1.165) is 30.0 Å². The number of allylic oxidation sites excluding steroid dienone is 1. The van der Waals surface area contributed by atoms with Crippen LogP contribution in [0, 0.1) is 0 Å². The van der Waals surface area contributed by atoms with Crippen LogP contribution in [-0.4, -0.2) is 19.4 Å². The molecule has 0 unspecified atom stereocenters. The van der Waals surface area contributed by atoms with Gasteiger partial charge in [-0.2, -0.15) is 0 Å². The molecule has 0 amide bonds. The number of methoxy groups -OCH3 is 1. The minimum Gasteiger partial charge on any atom is -0.497 e. The summed E-state index contributed by atoms with van der Waals surface area (Å²) in [5, 5.41) is 0. The van der Waals surface area contributed by atoms with Gasteiger partial charge in [0, 0.05) is 18.7 Å². The Morgan fingerprint density at radius 2 is 1.72 bits per heavy atom. The van der Waals surface area contributed by atoms with E-state index < -0.39 is 0 Å². The molecule has 1 aliphatic heterocycles. The van der Waals surface area contributed by atoms with Crippen LogP contribution >= 0.6 is 0 Å². The maximum absolute atomic E-state index is 12.8. The van der Waals surface area contributed by atoms with E-state index in [9.17, 15) is 4.79 Å². The normalized spacial score (nSPS) is 15.9. The van der Waals surface area contributed by atoms with E-state index in [0.29, 0.717) is 6.42 Å². The quantitative estimate of drug-likeness (QED) is 0.529. The molecular formula is C26H25NO2. The van der Waals surface area contributed by atoms with Crippen molar-refractivity contribution < 1.29 is 9.53 Å². The molecule has 0 spiro atoms. The SMILES string of the molecule is COc1ccc(N2CCc3ccccc3[C@@H]2CC(=O)/C=C/c2ccccc2)cc1. The average Bonchev–Trinajstić information content (AvgIpc) is 2.79. The first-order valence-electron chi connectivity index (χ1n) is 9.99. The second-order valence-corrected chi connectivity index (χ2v) is 7.27. The van der Waals surface area contributed by atoms with Crippen molar-refractivity contribution in [3.63, 3.8) is 0 Å². The molecule has 0 aromatic heterocycles. The van der Waals surface area contributed by atoms with E-state index in [2.05, 4.69) is 41.3 Å². The lowest BCUT2D eigenvalue weighted by molar-refractivity contribution is -0.114. The van der Waals surface area contributed by atoms with Crippen LogP contribution in [0.5, 0.6) is 5.75 Å². The van der Waals surface area contributed by atoms with Crippen molar-refractivity contribution in [3.05, 3.63) is 102 Å². The number of ketones is 1. The van der Waals surface area contributed by atoms with E-state index in [1.165, 1.54) is 11.1 Å². The van der Waals surface area contributed by atoms with Crippen LogP contribution in [0.2, 0.25) is 0 Å². The van der Waals surface area contributed by atoms with E-state index in [-0.39, 0.29) is 11.8 Å². The Bertz CT molecular complexity index is 993. The third-order valence-electron chi connectivity index (χ3n) is 5.47. The van der Waals surface area contributed by atoms with Gasteiger partial charge in [0.2, 0.25) is 0 Å². The summed E-state index contributed by atoms with van der Waals surface area (Å²) in [6.45, 7) is 0.893. The van der Waals surface area contributed by atoms with E-state index in [4.69, 9.17) is 4.74 Å². The van der Waals surface area contributed by atoms with Gasteiger partial charge < -0.3 is 9.64 Å². The predicted octanol–water partition coefficient (Wildman–Crippen LogP) is 5.47. The Balaban J connectivity index is 1.60. The number of hydrogen-bond donors (Lipinski definition) is 0. The fourth-order valence-electron chi connectivity index (χ4n) is 3.97. The highest BCUT2D eigenvalue weighted by Crippen LogP contribution is 2.36. The van der Waals surface area contributed by atoms with Gasteiger partial charge >= 0.3 is 0 Å². The first-order valence-corrected chi connectivity index (χ1v) is 9.99. The van der Waals surface area contributed by atoms with Crippen LogP contribution in [0.1, 0.15) is 29.2 Å². The van der Waals surface area contributed by atoms with Crippen LogP contribution in [0.15, 0.2) is 84.9 Å². The second kappa shape index (κ2) is 8.78. The Labute approximate surface area is 172 Å². The van der Waals surface area contributed by atoms with Crippen molar-refractivity contribution in [1.29, 1.82) is 0 Å². The fourth-order valence-corrected chi connectivity index (χ4v) is 3.97. The summed E-state index contributed by atoms with van der Waals surface area (Å²) < 4.78 is 5.30. The monoisotopic (exact) mass is 383 g/mol. The number of nitrogens with zero attached hydrogens (tertiary/aromatic N) is 1. The number of benzene rings is 3. The molecule has 0 saturated carbocycles. The number of carbonyl (C=O) groups excluding carboxylic acids is 1. The van der Waals surface area contributed by atoms with Gasteiger partial charge in [0.25, 0.3) is 0 Å². The van der Waals surface area contributed by atoms with Crippen LogP contribution in [0.3, 0.4) is 0 Å². The molecule has 0 radical (unpaired) electrons. The van der Waals surface area contributed by atoms with Crippen LogP contribution in [-0.2, 0) is 11.2 Å². The smallest absolute Gasteiger partial charge is 0.158 e. The van der Waals surface area contributed by atoms with E-state index in [1.807, 2.05) is 48.5 Å². The van der Waals surface area contributed by atoms with Crippen molar-refractivity contribution >= 4 is 17.5 Å². The molecular weight excluding hydrogens is 358 g/mol. The maximum atomic E-state index is 12.8. The van der Waals surface area contributed by atoms with Crippen molar-refractivity contribution in [1.82, 2.24) is 0 Å². The number of hydrogen-bond acceptors (Lipinski definition) is 3. The molecule has 3 heteroatoms. The zero-order valence-corrected chi connectivity index (χ0v) is 16.6. The Kier molecular flexibility index (Phi) is 5.76. The number of fused-ring (bicyclic) bond motifs is 1. The van der Waals surface area contributed by atoms with Gasteiger partial charge in [-0.25, -0.2) is 0 Å². The summed E-state index contributed by atoms with van der Waals surface area (Å²) in [6.07, 6.45) is 5.03. The number of ether oxygens (including phenoxy) is 1. The Hall–Kier alpha value is -3.33. The highest BCUT2D eigenvalue weighted by atomic mass is 16.5. The Morgan fingerprint density at radius 1 is 1.00 bits per heavy atom. The lowest BCUT2D eigenvalue weighted by atomic mass is 9.89. The lowest BCUT2D eigenvalue weighted by Gasteiger charge is -2.39. The number of anilines is 1. The third kappa shape index (κ3) is 4.40. The first kappa shape index (κ1) is 19.0. The highest BCUT2D eigenvalue weighted by molar-refractivity contribution is 5.94. The summed E-state index contributed by atoms with van der Waals surface area (Å²) in [6, 6.07) is 26.5. The van der Waals surface area contributed by atoms with Crippen molar-refractivity contribution in [3.8, 4) is 5.75 Å². The molecule has 29 heavy (non-hydrogen) atoms. The molecule has 3 aromatic rings. The second-order valence-electron chi connectivity index (χ2n) is 7.27. The molecule has 0 fully saturated rings. The molecule has 0 saturated heterocycles. The molecule has 4 rings (SSSR count). The molecule has 1 aliphatic rings. The van der Waals surface area contributed by atoms with Crippen molar-refractivity contribution in [2.75, 3.05) is 18.6 Å². The molecule has 3 aromatic carbocycles. The summed E-state index contributed by atoms with van der Waals surface area (Å²) in [5.41, 5.74) is 4.74. The molecule has 146 valence electrons. The van der Waals surface area contributed by atoms with Gasteiger partial charge in [-0.1, -0.05) is 60.7 Å². The zero-order valence-electron chi connectivity index (χ0n) is 16.6. The standard InChI is InChI=1S/C26H25NO2/c1-29-24-15-12-22(13-16-24)27-18-17-21-9-5-6-10-25(21)26(27)19-23(28)14-11-20-7-3-2-4-8-20/h2-16,26H,17-19H2,1H3/b14-11+/t26-/m0/s1. The number of carbonyl (C=O) groups is 1. The van der Waals surface area contributed by atoms with Gasteiger partial charge in [-0.3, -0.25) is 4.79 Å². The molecule has 0 bridgehead atoms. The summed E-state index contributed by atoms with van der Waals surface area (Å²) in [7, 11) is 1.67. The largest absolute Gasteiger partial charge is 0.497 e. The molecule has 3 nitrogen and oxygen atoms in total. The average molecular weight is 383 g/mol. The molecule has 1 heterocycles. The minimum atomic E-state index is 0.0290. The topological polar surface area (TPSA) is 29.5 Å². The zero-order chi connectivity index (χ0) is 20.1. The maximum Gasteiger partial charge on any atom is 0.158 e. The predicted molar refractivity (Wildman–Crippen MR) is 118 cm³/mol. The third-order valence-corrected chi connectivity index (χ3v) is 5.47. The van der Waals surface area contributed by atoms with Gasteiger partial charge in [0.05, 0.1) is 13.2 Å². The lowest BCUT2D eigenvalue weighted by Crippen LogP contribution is -2.36. The van der Waals surface area contributed by atoms with Crippen molar-refractivity contribution in [2.24, 2.45) is 0 Å². The van der Waals surface area contributed by atoms with Crippen LogP contribution in [0.4, 0.5) is 5.69 Å². The highest BCUT2D eigenvalue weighted by Gasteiger charge is 2.28. The van der Waals surface area contributed by atoms with Crippen LogP contribution in [0.25, 0.3) is 6.08 Å². The van der Waals surface area contributed by atoms with Crippen LogP contribution < -0.4 is 9.64 Å². The first-order chi connectivity index (χ1) is 14.2. The van der Waals surface area contributed by atoms with Gasteiger partial charge in [0.15, 0.2) is 5.78 Å².